The molecule has 1 aromatic heterocycles. The van der Waals surface area contributed by atoms with Crippen LogP contribution in [0.15, 0.2) is 4.79 Å². The lowest BCUT2D eigenvalue weighted by molar-refractivity contribution is 0.468. The Balaban J connectivity index is 3.48. The molecule has 3 nitrogen and oxygen atoms in total. The van der Waals surface area contributed by atoms with Gasteiger partial charge in [0.2, 0.25) is 5.75 Å². The molecule has 1 rings (SSSR count). The Bertz CT molecular complexity index is 277. The summed E-state index contributed by atoms with van der Waals surface area (Å²) in [5.74, 6) is -0.357. The van der Waals surface area contributed by atoms with Gasteiger partial charge in [-0.25, -0.2) is 0 Å². The van der Waals surface area contributed by atoms with Crippen molar-refractivity contribution in [1.82, 2.24) is 3.96 Å². The van der Waals surface area contributed by atoms with Crippen LogP contribution in [0.5, 0.6) is 5.75 Å². The lowest BCUT2D eigenvalue weighted by atomic mass is 10.7. The first-order valence-electron chi connectivity index (χ1n) is 2.17. The molecule has 0 unspecified atom stereocenters. The van der Waals surface area contributed by atoms with E-state index in [0.717, 1.165) is 11.5 Å². The molecule has 0 aromatic carbocycles. The topological polar surface area (TPSA) is 42.2 Å². The van der Waals surface area contributed by atoms with E-state index in [1.165, 1.54) is 3.96 Å². The minimum absolute atomic E-state index is 0.141. The molecule has 0 aliphatic carbocycles. The molecule has 0 saturated heterocycles. The maximum atomic E-state index is 10.6. The molecule has 0 amide bonds. The number of hydrogen-bond acceptors (Lipinski definition) is 3. The van der Waals surface area contributed by atoms with Gasteiger partial charge in [0.15, 0.2) is 4.34 Å². The zero-order chi connectivity index (χ0) is 7.02. The maximum Gasteiger partial charge on any atom is 0.304 e. The van der Waals surface area contributed by atoms with E-state index in [2.05, 4.69) is 0 Å². The third kappa shape index (κ3) is 0.951. The van der Waals surface area contributed by atoms with Crippen LogP contribution in [0.2, 0.25) is 4.34 Å². The molecule has 0 spiro atoms. The average Bonchev–Trinajstić information content (AvgIpc) is 1.98. The number of halogens is 1. The van der Waals surface area contributed by atoms with Crippen LogP contribution in [0.3, 0.4) is 0 Å². The molecule has 50 valence electrons. The standard InChI is InChI=1S/C4H4ClNO2S/c1-6-4(8)2(7)3(5)9-6/h7H,1H3. The van der Waals surface area contributed by atoms with E-state index in [1.54, 1.807) is 7.05 Å². The predicted molar refractivity (Wildman–Crippen MR) is 36.2 cm³/mol. The van der Waals surface area contributed by atoms with Crippen LogP contribution in [0, 0.1) is 0 Å². The lowest BCUT2D eigenvalue weighted by Gasteiger charge is -1.77. The minimum Gasteiger partial charge on any atom is -0.501 e. The monoisotopic (exact) mass is 165 g/mol. The van der Waals surface area contributed by atoms with Gasteiger partial charge in [0.25, 0.3) is 0 Å². The summed E-state index contributed by atoms with van der Waals surface area (Å²) in [5.41, 5.74) is -0.440. The summed E-state index contributed by atoms with van der Waals surface area (Å²) < 4.78 is 1.40. The Morgan fingerprint density at radius 3 is 2.44 bits per heavy atom. The quantitative estimate of drug-likeness (QED) is 0.618. The summed E-state index contributed by atoms with van der Waals surface area (Å²) in [6.07, 6.45) is 0. The number of aryl methyl sites for hydroxylation is 1. The summed E-state index contributed by atoms with van der Waals surface area (Å²) in [5, 5.41) is 8.77. The molecule has 0 aliphatic heterocycles. The fraction of sp³-hybridized carbons (Fsp3) is 0.250. The third-order valence-corrected chi connectivity index (χ3v) is 2.07. The zero-order valence-corrected chi connectivity index (χ0v) is 6.16. The van der Waals surface area contributed by atoms with Crippen LogP contribution in [0.4, 0.5) is 0 Å². The van der Waals surface area contributed by atoms with Gasteiger partial charge in [-0.05, 0) is 11.5 Å². The number of aromatic hydroxyl groups is 1. The highest BCUT2D eigenvalue weighted by Crippen LogP contribution is 2.22. The van der Waals surface area contributed by atoms with Crippen molar-refractivity contribution in [3.05, 3.63) is 14.7 Å². The molecule has 1 heterocycles. The molecule has 0 saturated carbocycles. The van der Waals surface area contributed by atoms with Gasteiger partial charge in [-0.1, -0.05) is 11.6 Å². The second-order valence-corrected chi connectivity index (χ2v) is 3.26. The summed E-state index contributed by atoms with van der Waals surface area (Å²) >= 11 is 6.40. The zero-order valence-electron chi connectivity index (χ0n) is 4.59. The number of aromatic nitrogens is 1. The van der Waals surface area contributed by atoms with Gasteiger partial charge >= 0.3 is 5.56 Å². The van der Waals surface area contributed by atoms with Crippen molar-refractivity contribution in [3.8, 4) is 5.75 Å². The SMILES string of the molecule is Cn1sc(Cl)c(O)c1=O. The van der Waals surface area contributed by atoms with Crippen LogP contribution in [0.1, 0.15) is 0 Å². The first kappa shape index (κ1) is 6.64. The van der Waals surface area contributed by atoms with Gasteiger partial charge in [-0.15, -0.1) is 0 Å². The molecular weight excluding hydrogens is 162 g/mol. The predicted octanol–water partition coefficient (Wildman–Crippen LogP) is 0.806. The van der Waals surface area contributed by atoms with E-state index in [9.17, 15) is 4.79 Å². The van der Waals surface area contributed by atoms with Crippen molar-refractivity contribution in [2.45, 2.75) is 0 Å². The normalized spacial score (nSPS) is 10.0. The van der Waals surface area contributed by atoms with Gasteiger partial charge in [0.1, 0.15) is 0 Å². The van der Waals surface area contributed by atoms with E-state index in [-0.39, 0.29) is 10.1 Å². The van der Waals surface area contributed by atoms with E-state index in [1.807, 2.05) is 0 Å². The van der Waals surface area contributed by atoms with E-state index in [4.69, 9.17) is 16.7 Å². The van der Waals surface area contributed by atoms with Crippen LogP contribution in [-0.2, 0) is 7.05 Å². The second kappa shape index (κ2) is 2.04. The maximum absolute atomic E-state index is 10.6. The van der Waals surface area contributed by atoms with Crippen molar-refractivity contribution in [1.29, 1.82) is 0 Å². The van der Waals surface area contributed by atoms with E-state index in [0.29, 0.717) is 0 Å². The summed E-state index contributed by atoms with van der Waals surface area (Å²) in [6, 6.07) is 0. The van der Waals surface area contributed by atoms with Gasteiger partial charge in [0.05, 0.1) is 0 Å². The molecule has 1 aromatic rings. The van der Waals surface area contributed by atoms with Gasteiger partial charge < -0.3 is 5.11 Å². The Kier molecular flexibility index (Phi) is 1.50. The molecule has 0 bridgehead atoms. The Morgan fingerprint density at radius 2 is 2.33 bits per heavy atom. The largest absolute Gasteiger partial charge is 0.501 e. The van der Waals surface area contributed by atoms with Crippen molar-refractivity contribution in [3.63, 3.8) is 0 Å². The van der Waals surface area contributed by atoms with Crippen molar-refractivity contribution in [2.75, 3.05) is 0 Å². The molecular formula is C4H4ClNO2S. The van der Waals surface area contributed by atoms with E-state index >= 15 is 0 Å². The summed E-state index contributed by atoms with van der Waals surface area (Å²) in [7, 11) is 1.54. The molecule has 0 fully saturated rings. The molecule has 1 N–H and O–H groups in total. The van der Waals surface area contributed by atoms with E-state index < -0.39 is 5.56 Å². The summed E-state index contributed by atoms with van der Waals surface area (Å²) in [6.45, 7) is 0. The van der Waals surface area contributed by atoms with Crippen LogP contribution >= 0.6 is 23.1 Å². The average molecular weight is 166 g/mol. The Labute approximate surface area is 60.3 Å². The van der Waals surface area contributed by atoms with Crippen molar-refractivity contribution in [2.24, 2.45) is 7.05 Å². The molecule has 0 aliphatic rings. The first-order chi connectivity index (χ1) is 4.13. The van der Waals surface area contributed by atoms with Crippen molar-refractivity contribution < 1.29 is 5.11 Å². The highest BCUT2D eigenvalue weighted by molar-refractivity contribution is 7.11. The smallest absolute Gasteiger partial charge is 0.304 e. The fourth-order valence-electron chi connectivity index (χ4n) is 0.438. The van der Waals surface area contributed by atoms with Crippen LogP contribution in [0.25, 0.3) is 0 Å². The molecule has 5 heteroatoms. The van der Waals surface area contributed by atoms with Gasteiger partial charge in [0, 0.05) is 7.05 Å². The second-order valence-electron chi connectivity index (χ2n) is 1.52. The Hall–Kier alpha value is -0.480. The fourth-order valence-corrected chi connectivity index (χ4v) is 1.41. The lowest BCUT2D eigenvalue weighted by Crippen LogP contribution is -2.06. The first-order valence-corrected chi connectivity index (χ1v) is 3.33. The molecule has 0 radical (unpaired) electrons. The van der Waals surface area contributed by atoms with Gasteiger partial charge in [-0.2, -0.15) is 0 Å². The Morgan fingerprint density at radius 1 is 1.78 bits per heavy atom. The highest BCUT2D eigenvalue weighted by atomic mass is 35.5. The molecule has 0 atom stereocenters. The molecule has 9 heavy (non-hydrogen) atoms. The minimum atomic E-state index is -0.440. The third-order valence-electron chi connectivity index (χ3n) is 0.892. The number of rotatable bonds is 0. The number of nitrogens with zero attached hydrogens (tertiary/aromatic N) is 1. The summed E-state index contributed by atoms with van der Waals surface area (Å²) in [4.78, 5) is 10.6. The number of hydrogen-bond donors (Lipinski definition) is 1. The van der Waals surface area contributed by atoms with Crippen molar-refractivity contribution >= 4 is 23.1 Å². The van der Waals surface area contributed by atoms with Crippen LogP contribution < -0.4 is 5.56 Å². The van der Waals surface area contributed by atoms with Crippen LogP contribution in [-0.4, -0.2) is 9.06 Å². The van der Waals surface area contributed by atoms with Gasteiger partial charge in [-0.3, -0.25) is 8.75 Å². The highest BCUT2D eigenvalue weighted by Gasteiger charge is 2.07.